The summed E-state index contributed by atoms with van der Waals surface area (Å²) in [6, 6.07) is 2.83. The van der Waals surface area contributed by atoms with Crippen LogP contribution in [-0.2, 0) is 0 Å². The molecule has 0 aliphatic carbocycles. The van der Waals surface area contributed by atoms with Crippen LogP contribution >= 0.6 is 0 Å². The molecule has 6 nitrogen and oxygen atoms in total. The molecule has 1 rings (SSSR count). The fourth-order valence-corrected chi connectivity index (χ4v) is 1.17. The first-order valence-corrected chi connectivity index (χ1v) is 4.67. The second-order valence-electron chi connectivity index (χ2n) is 3.19. The van der Waals surface area contributed by atoms with E-state index in [2.05, 4.69) is 4.98 Å². The molecule has 1 aromatic rings. The van der Waals surface area contributed by atoms with Gasteiger partial charge in [-0.25, -0.2) is 4.98 Å². The zero-order chi connectivity index (χ0) is 11.3. The second kappa shape index (κ2) is 5.26. The molecule has 1 aromatic heterocycles. The minimum atomic E-state index is -0.429. The van der Waals surface area contributed by atoms with Crippen molar-refractivity contribution in [2.45, 2.75) is 6.42 Å². The van der Waals surface area contributed by atoms with Crippen molar-refractivity contribution in [3.63, 3.8) is 0 Å². The number of anilines is 1. The van der Waals surface area contributed by atoms with Crippen molar-refractivity contribution < 1.29 is 4.92 Å². The molecule has 0 aliphatic rings. The minimum Gasteiger partial charge on any atom is -0.359 e. The van der Waals surface area contributed by atoms with E-state index < -0.39 is 4.92 Å². The number of pyridine rings is 1. The van der Waals surface area contributed by atoms with Crippen LogP contribution in [0.15, 0.2) is 18.3 Å². The topological polar surface area (TPSA) is 85.3 Å². The van der Waals surface area contributed by atoms with Gasteiger partial charge in [-0.15, -0.1) is 0 Å². The number of hydrogen-bond acceptors (Lipinski definition) is 5. The molecule has 0 amide bonds. The number of nitro groups is 1. The van der Waals surface area contributed by atoms with Gasteiger partial charge in [-0.05, 0) is 13.0 Å². The first kappa shape index (κ1) is 11.4. The van der Waals surface area contributed by atoms with Gasteiger partial charge in [-0.2, -0.15) is 0 Å². The molecule has 0 unspecified atom stereocenters. The van der Waals surface area contributed by atoms with E-state index in [9.17, 15) is 10.1 Å². The SMILES string of the molecule is CN(CCCN)c1cc([N+](=O)[O-])ccn1. The maximum Gasteiger partial charge on any atom is 0.274 e. The smallest absolute Gasteiger partial charge is 0.274 e. The lowest BCUT2D eigenvalue weighted by atomic mass is 10.3. The van der Waals surface area contributed by atoms with Gasteiger partial charge in [0.2, 0.25) is 0 Å². The second-order valence-corrected chi connectivity index (χ2v) is 3.19. The highest BCUT2D eigenvalue weighted by Gasteiger charge is 2.09. The van der Waals surface area contributed by atoms with Crippen LogP contribution < -0.4 is 10.6 Å². The highest BCUT2D eigenvalue weighted by molar-refractivity contribution is 5.45. The first-order chi connectivity index (χ1) is 7.15. The quantitative estimate of drug-likeness (QED) is 0.573. The van der Waals surface area contributed by atoms with E-state index in [1.807, 2.05) is 11.9 Å². The van der Waals surface area contributed by atoms with Crippen molar-refractivity contribution in [3.05, 3.63) is 28.4 Å². The minimum absolute atomic E-state index is 0.0552. The summed E-state index contributed by atoms with van der Waals surface area (Å²) in [5.74, 6) is 0.595. The van der Waals surface area contributed by atoms with Gasteiger partial charge in [-0.1, -0.05) is 0 Å². The summed E-state index contributed by atoms with van der Waals surface area (Å²) in [5.41, 5.74) is 5.43. The van der Waals surface area contributed by atoms with Crippen LogP contribution in [0.4, 0.5) is 11.5 Å². The average molecular weight is 210 g/mol. The third kappa shape index (κ3) is 3.17. The van der Waals surface area contributed by atoms with Crippen molar-refractivity contribution in [3.8, 4) is 0 Å². The largest absolute Gasteiger partial charge is 0.359 e. The van der Waals surface area contributed by atoms with E-state index in [4.69, 9.17) is 5.73 Å². The van der Waals surface area contributed by atoms with Crippen LogP contribution in [0.3, 0.4) is 0 Å². The molecule has 0 radical (unpaired) electrons. The van der Waals surface area contributed by atoms with E-state index in [1.165, 1.54) is 18.3 Å². The molecule has 0 saturated heterocycles. The Hall–Kier alpha value is -1.69. The molecule has 6 heteroatoms. The lowest BCUT2D eigenvalue weighted by Gasteiger charge is -2.16. The summed E-state index contributed by atoms with van der Waals surface area (Å²) in [6.45, 7) is 1.34. The summed E-state index contributed by atoms with van der Waals surface area (Å²) in [6.07, 6.45) is 2.27. The molecular formula is C9H14N4O2. The van der Waals surface area contributed by atoms with E-state index in [-0.39, 0.29) is 5.69 Å². The van der Waals surface area contributed by atoms with Gasteiger partial charge in [0.15, 0.2) is 0 Å². The molecule has 2 N–H and O–H groups in total. The fourth-order valence-electron chi connectivity index (χ4n) is 1.17. The van der Waals surface area contributed by atoms with Crippen LogP contribution in [0, 0.1) is 10.1 Å². The van der Waals surface area contributed by atoms with Gasteiger partial charge in [0, 0.05) is 25.9 Å². The molecule has 82 valence electrons. The molecule has 0 fully saturated rings. The highest BCUT2D eigenvalue weighted by atomic mass is 16.6. The third-order valence-corrected chi connectivity index (χ3v) is 2.03. The number of rotatable bonds is 5. The van der Waals surface area contributed by atoms with Crippen LogP contribution in [-0.4, -0.2) is 30.0 Å². The first-order valence-electron chi connectivity index (χ1n) is 4.67. The normalized spacial score (nSPS) is 10.0. The summed E-state index contributed by atoms with van der Waals surface area (Å²) in [4.78, 5) is 16.0. The maximum atomic E-state index is 10.5. The van der Waals surface area contributed by atoms with E-state index in [1.54, 1.807) is 0 Å². The summed E-state index contributed by atoms with van der Waals surface area (Å²) >= 11 is 0. The number of nitrogens with two attached hydrogens (primary N) is 1. The lowest BCUT2D eigenvalue weighted by molar-refractivity contribution is -0.384. The summed E-state index contributed by atoms with van der Waals surface area (Å²) in [5, 5.41) is 10.5. The monoisotopic (exact) mass is 210 g/mol. The predicted octanol–water partition coefficient (Wildman–Crippen LogP) is 0.775. The van der Waals surface area contributed by atoms with E-state index >= 15 is 0 Å². The molecular weight excluding hydrogens is 196 g/mol. The standard InChI is InChI=1S/C9H14N4O2/c1-12(6-2-4-10)9-7-8(13(14)15)3-5-11-9/h3,5,7H,2,4,6,10H2,1H3. The molecule has 1 heterocycles. The van der Waals surface area contributed by atoms with Gasteiger partial charge >= 0.3 is 0 Å². The summed E-state index contributed by atoms with van der Waals surface area (Å²) in [7, 11) is 1.84. The van der Waals surface area contributed by atoms with Crippen molar-refractivity contribution >= 4 is 11.5 Å². The Morgan fingerprint density at radius 3 is 3.00 bits per heavy atom. The zero-order valence-corrected chi connectivity index (χ0v) is 8.59. The van der Waals surface area contributed by atoms with Crippen LogP contribution in [0.1, 0.15) is 6.42 Å². The molecule has 0 saturated carbocycles. The number of nitrogens with zero attached hydrogens (tertiary/aromatic N) is 3. The Morgan fingerprint density at radius 2 is 2.40 bits per heavy atom. The molecule has 15 heavy (non-hydrogen) atoms. The average Bonchev–Trinajstić information content (AvgIpc) is 2.26. The molecule has 0 atom stereocenters. The molecule has 0 bridgehead atoms. The zero-order valence-electron chi connectivity index (χ0n) is 8.59. The van der Waals surface area contributed by atoms with Crippen molar-refractivity contribution in [1.82, 2.24) is 4.98 Å². The Morgan fingerprint density at radius 1 is 1.67 bits per heavy atom. The third-order valence-electron chi connectivity index (χ3n) is 2.03. The Balaban J connectivity index is 2.76. The van der Waals surface area contributed by atoms with Crippen LogP contribution in [0.25, 0.3) is 0 Å². The molecule has 0 aromatic carbocycles. The molecule has 0 spiro atoms. The predicted molar refractivity (Wildman–Crippen MR) is 57.8 cm³/mol. The van der Waals surface area contributed by atoms with Gasteiger partial charge in [0.05, 0.1) is 11.0 Å². The van der Waals surface area contributed by atoms with Gasteiger partial charge in [0.25, 0.3) is 5.69 Å². The Kier molecular flexibility index (Phi) is 3.99. The van der Waals surface area contributed by atoms with Crippen molar-refractivity contribution in [1.29, 1.82) is 0 Å². The maximum absolute atomic E-state index is 10.5. The van der Waals surface area contributed by atoms with Gasteiger partial charge in [-0.3, -0.25) is 10.1 Å². The van der Waals surface area contributed by atoms with Crippen LogP contribution in [0.5, 0.6) is 0 Å². The Bertz CT molecular complexity index is 343. The van der Waals surface area contributed by atoms with Crippen LogP contribution in [0.2, 0.25) is 0 Å². The number of aromatic nitrogens is 1. The summed E-state index contributed by atoms with van der Waals surface area (Å²) < 4.78 is 0. The fraction of sp³-hybridized carbons (Fsp3) is 0.444. The lowest BCUT2D eigenvalue weighted by Crippen LogP contribution is -2.21. The van der Waals surface area contributed by atoms with Crippen molar-refractivity contribution in [2.75, 3.05) is 25.0 Å². The van der Waals surface area contributed by atoms with E-state index in [0.29, 0.717) is 12.4 Å². The Labute approximate surface area is 87.9 Å². The molecule has 0 aliphatic heterocycles. The van der Waals surface area contributed by atoms with E-state index in [0.717, 1.165) is 13.0 Å². The van der Waals surface area contributed by atoms with Gasteiger partial charge < -0.3 is 10.6 Å². The van der Waals surface area contributed by atoms with Crippen molar-refractivity contribution in [2.24, 2.45) is 5.73 Å². The number of hydrogen-bond donors (Lipinski definition) is 1. The highest BCUT2D eigenvalue weighted by Crippen LogP contribution is 2.16. The van der Waals surface area contributed by atoms with Gasteiger partial charge in [0.1, 0.15) is 5.82 Å².